The van der Waals surface area contributed by atoms with Gasteiger partial charge in [-0.25, -0.2) is 4.98 Å². The summed E-state index contributed by atoms with van der Waals surface area (Å²) in [6.07, 6.45) is 2.71. The first kappa shape index (κ1) is 14.2. The fraction of sp³-hybridized carbons (Fsp3) is 0.231. The standard InChI is InChI=1S/C13H14ClN3S2/c1-9-2-5-12(16-8-9)17-13(18)15-7-6-10-3-4-11(14)19-10/h2-5,8H,6-7H2,1H3,(H2,15,16,17,18). The highest BCUT2D eigenvalue weighted by molar-refractivity contribution is 7.80. The topological polar surface area (TPSA) is 37.0 Å². The van der Waals surface area contributed by atoms with Gasteiger partial charge in [0.25, 0.3) is 0 Å². The van der Waals surface area contributed by atoms with Crippen LogP contribution in [0, 0.1) is 6.92 Å². The SMILES string of the molecule is Cc1ccc(NC(=S)NCCc2ccc(Cl)s2)nc1. The summed E-state index contributed by atoms with van der Waals surface area (Å²) in [4.78, 5) is 5.48. The molecule has 2 heterocycles. The van der Waals surface area contributed by atoms with E-state index in [1.807, 2.05) is 31.2 Å². The third-order valence-corrected chi connectivity index (χ3v) is 3.98. The number of nitrogens with zero attached hydrogens (tertiary/aromatic N) is 1. The van der Waals surface area contributed by atoms with Gasteiger partial charge in [-0.05, 0) is 49.3 Å². The van der Waals surface area contributed by atoms with E-state index in [2.05, 4.69) is 15.6 Å². The predicted octanol–water partition coefficient (Wildman–Crippen LogP) is 3.63. The van der Waals surface area contributed by atoms with Crippen LogP contribution in [-0.2, 0) is 6.42 Å². The molecule has 19 heavy (non-hydrogen) atoms. The number of anilines is 1. The lowest BCUT2D eigenvalue weighted by molar-refractivity contribution is 0.884. The second-order valence-electron chi connectivity index (χ2n) is 4.06. The van der Waals surface area contributed by atoms with Crippen LogP contribution in [0.15, 0.2) is 30.5 Å². The fourth-order valence-corrected chi connectivity index (χ4v) is 2.78. The highest BCUT2D eigenvalue weighted by atomic mass is 35.5. The van der Waals surface area contributed by atoms with Crippen LogP contribution in [0.1, 0.15) is 10.4 Å². The van der Waals surface area contributed by atoms with Gasteiger partial charge in [0.1, 0.15) is 5.82 Å². The summed E-state index contributed by atoms with van der Waals surface area (Å²) in [5, 5.41) is 6.78. The van der Waals surface area contributed by atoms with Gasteiger partial charge in [-0.2, -0.15) is 0 Å². The number of aryl methyl sites for hydroxylation is 1. The van der Waals surface area contributed by atoms with Crippen LogP contribution < -0.4 is 10.6 Å². The van der Waals surface area contributed by atoms with Crippen LogP contribution in [0.25, 0.3) is 0 Å². The Balaban J connectivity index is 1.74. The minimum absolute atomic E-state index is 0.582. The van der Waals surface area contributed by atoms with Crippen molar-refractivity contribution in [2.75, 3.05) is 11.9 Å². The molecule has 0 aliphatic heterocycles. The van der Waals surface area contributed by atoms with Crippen LogP contribution in [0.4, 0.5) is 5.82 Å². The summed E-state index contributed by atoms with van der Waals surface area (Å²) in [5.41, 5.74) is 1.12. The van der Waals surface area contributed by atoms with Gasteiger partial charge < -0.3 is 10.6 Å². The minimum Gasteiger partial charge on any atom is -0.362 e. The molecule has 2 rings (SSSR count). The molecule has 100 valence electrons. The number of pyridine rings is 1. The van der Waals surface area contributed by atoms with E-state index in [0.29, 0.717) is 5.11 Å². The normalized spacial score (nSPS) is 10.2. The van der Waals surface area contributed by atoms with Crippen LogP contribution in [0.3, 0.4) is 0 Å². The van der Waals surface area contributed by atoms with E-state index < -0.39 is 0 Å². The van der Waals surface area contributed by atoms with Gasteiger partial charge in [0.05, 0.1) is 4.34 Å². The molecule has 0 spiro atoms. The van der Waals surface area contributed by atoms with Crippen LogP contribution in [0.5, 0.6) is 0 Å². The number of halogens is 1. The Hall–Kier alpha value is -1.17. The zero-order chi connectivity index (χ0) is 13.7. The van der Waals surface area contributed by atoms with Gasteiger partial charge in [0, 0.05) is 17.6 Å². The molecule has 0 aromatic carbocycles. The zero-order valence-electron chi connectivity index (χ0n) is 10.4. The number of nitrogens with one attached hydrogen (secondary N) is 2. The number of thiocarbonyl (C=S) groups is 1. The van der Waals surface area contributed by atoms with Crippen molar-refractivity contribution in [3.8, 4) is 0 Å². The lowest BCUT2D eigenvalue weighted by atomic mass is 10.3. The molecule has 2 aromatic heterocycles. The average molecular weight is 312 g/mol. The number of hydrogen-bond acceptors (Lipinski definition) is 3. The van der Waals surface area contributed by atoms with Crippen molar-refractivity contribution in [3.05, 3.63) is 45.2 Å². The molecule has 0 aliphatic carbocycles. The number of aromatic nitrogens is 1. The second kappa shape index (κ2) is 6.84. The monoisotopic (exact) mass is 311 g/mol. The Morgan fingerprint density at radius 1 is 1.37 bits per heavy atom. The zero-order valence-corrected chi connectivity index (χ0v) is 12.8. The van der Waals surface area contributed by atoms with Crippen LogP contribution in [0.2, 0.25) is 4.34 Å². The number of rotatable bonds is 4. The molecule has 3 nitrogen and oxygen atoms in total. The molecule has 2 aromatic rings. The number of hydrogen-bond donors (Lipinski definition) is 2. The van der Waals surface area contributed by atoms with Crippen LogP contribution in [-0.4, -0.2) is 16.6 Å². The molecule has 0 saturated heterocycles. The van der Waals surface area contributed by atoms with Gasteiger partial charge in [-0.3, -0.25) is 0 Å². The van der Waals surface area contributed by atoms with E-state index in [0.717, 1.165) is 28.7 Å². The summed E-state index contributed by atoms with van der Waals surface area (Å²) in [6, 6.07) is 7.84. The summed E-state index contributed by atoms with van der Waals surface area (Å²) in [5.74, 6) is 0.752. The van der Waals surface area contributed by atoms with E-state index in [-0.39, 0.29) is 0 Å². The summed E-state index contributed by atoms with van der Waals surface area (Å²) in [6.45, 7) is 2.77. The summed E-state index contributed by atoms with van der Waals surface area (Å²) in [7, 11) is 0. The first-order chi connectivity index (χ1) is 9.13. The average Bonchev–Trinajstić information content (AvgIpc) is 2.78. The Morgan fingerprint density at radius 2 is 2.21 bits per heavy atom. The van der Waals surface area contributed by atoms with Crippen molar-refractivity contribution >= 4 is 46.1 Å². The van der Waals surface area contributed by atoms with Crippen molar-refractivity contribution in [2.24, 2.45) is 0 Å². The number of thiophene rings is 1. The van der Waals surface area contributed by atoms with Gasteiger partial charge in [-0.1, -0.05) is 17.7 Å². The third-order valence-electron chi connectivity index (χ3n) is 2.44. The molecule has 0 fully saturated rings. The summed E-state index contributed by atoms with van der Waals surface area (Å²) < 4.78 is 0.819. The first-order valence-corrected chi connectivity index (χ1v) is 7.45. The molecule has 0 bridgehead atoms. The highest BCUT2D eigenvalue weighted by Crippen LogP contribution is 2.21. The molecular weight excluding hydrogens is 298 g/mol. The third kappa shape index (κ3) is 4.78. The molecular formula is C13H14ClN3S2. The molecule has 0 unspecified atom stereocenters. The predicted molar refractivity (Wildman–Crippen MR) is 86.2 cm³/mol. The van der Waals surface area contributed by atoms with Crippen molar-refractivity contribution in [1.82, 2.24) is 10.3 Å². The molecule has 0 radical (unpaired) electrons. The Morgan fingerprint density at radius 3 is 2.84 bits per heavy atom. The highest BCUT2D eigenvalue weighted by Gasteiger charge is 2.00. The van der Waals surface area contributed by atoms with Gasteiger partial charge in [0.15, 0.2) is 5.11 Å². The molecule has 0 saturated carbocycles. The smallest absolute Gasteiger partial charge is 0.171 e. The van der Waals surface area contributed by atoms with E-state index in [1.165, 1.54) is 4.88 Å². The van der Waals surface area contributed by atoms with Gasteiger partial charge in [0.2, 0.25) is 0 Å². The summed E-state index contributed by atoms with van der Waals surface area (Å²) >= 11 is 12.7. The van der Waals surface area contributed by atoms with Gasteiger partial charge >= 0.3 is 0 Å². The first-order valence-electron chi connectivity index (χ1n) is 5.85. The molecule has 6 heteroatoms. The van der Waals surface area contributed by atoms with Gasteiger partial charge in [-0.15, -0.1) is 11.3 Å². The van der Waals surface area contributed by atoms with E-state index >= 15 is 0 Å². The Labute approximate surface area is 127 Å². The largest absolute Gasteiger partial charge is 0.362 e. The van der Waals surface area contributed by atoms with Crippen LogP contribution >= 0.6 is 35.2 Å². The maximum absolute atomic E-state index is 5.87. The maximum Gasteiger partial charge on any atom is 0.171 e. The molecule has 2 N–H and O–H groups in total. The molecule has 0 atom stereocenters. The van der Waals surface area contributed by atoms with E-state index in [1.54, 1.807) is 17.5 Å². The van der Waals surface area contributed by atoms with E-state index in [4.69, 9.17) is 23.8 Å². The minimum atomic E-state index is 0.582. The van der Waals surface area contributed by atoms with Crippen molar-refractivity contribution in [2.45, 2.75) is 13.3 Å². The van der Waals surface area contributed by atoms with E-state index in [9.17, 15) is 0 Å². The Bertz CT molecular complexity index is 551. The second-order valence-corrected chi connectivity index (χ2v) is 6.27. The van der Waals surface area contributed by atoms with Crippen molar-refractivity contribution in [1.29, 1.82) is 0 Å². The maximum atomic E-state index is 5.87. The van der Waals surface area contributed by atoms with Crippen molar-refractivity contribution in [3.63, 3.8) is 0 Å². The lowest BCUT2D eigenvalue weighted by Crippen LogP contribution is -2.30. The van der Waals surface area contributed by atoms with Crippen molar-refractivity contribution < 1.29 is 0 Å². The lowest BCUT2D eigenvalue weighted by Gasteiger charge is -2.09. The molecule has 0 amide bonds. The Kier molecular flexibility index (Phi) is 5.13. The quantitative estimate of drug-likeness (QED) is 0.845. The fourth-order valence-electron chi connectivity index (χ4n) is 1.49. The molecule has 0 aliphatic rings.